The standard InChI is InChI=1S/C13H10F3N5O/c1-21-7-19-10-11(17-6-18-12(10)21)20-8-2-4-9(5-3-8)22-13(14,15)16/h2-7H,1H3,(H,17,18,20). The number of benzene rings is 1. The van der Waals surface area contributed by atoms with Gasteiger partial charge in [-0.2, -0.15) is 0 Å². The van der Waals surface area contributed by atoms with Gasteiger partial charge in [0.2, 0.25) is 0 Å². The third-order valence-corrected chi connectivity index (χ3v) is 2.85. The summed E-state index contributed by atoms with van der Waals surface area (Å²) >= 11 is 0. The molecule has 0 unspecified atom stereocenters. The second-order valence-corrected chi connectivity index (χ2v) is 4.45. The molecule has 1 aromatic carbocycles. The van der Waals surface area contributed by atoms with Crippen LogP contribution in [0.15, 0.2) is 36.9 Å². The molecule has 0 aliphatic rings. The Kier molecular flexibility index (Phi) is 3.32. The summed E-state index contributed by atoms with van der Waals surface area (Å²) < 4.78 is 41.9. The van der Waals surface area contributed by atoms with Crippen molar-refractivity contribution in [2.45, 2.75) is 6.36 Å². The van der Waals surface area contributed by atoms with E-state index < -0.39 is 6.36 Å². The molecule has 0 aliphatic carbocycles. The zero-order valence-corrected chi connectivity index (χ0v) is 11.3. The van der Waals surface area contributed by atoms with Gasteiger partial charge >= 0.3 is 6.36 Å². The molecule has 0 radical (unpaired) electrons. The highest BCUT2D eigenvalue weighted by Gasteiger charge is 2.30. The molecule has 114 valence electrons. The first kappa shape index (κ1) is 14.1. The highest BCUT2D eigenvalue weighted by Crippen LogP contribution is 2.26. The number of rotatable bonds is 3. The van der Waals surface area contributed by atoms with Crippen LogP contribution in [-0.4, -0.2) is 25.9 Å². The molecule has 2 aromatic heterocycles. The Morgan fingerprint density at radius 2 is 1.82 bits per heavy atom. The second kappa shape index (κ2) is 5.17. The number of nitrogens with one attached hydrogen (secondary N) is 1. The minimum Gasteiger partial charge on any atom is -0.406 e. The third kappa shape index (κ3) is 2.92. The Morgan fingerprint density at radius 1 is 1.09 bits per heavy atom. The van der Waals surface area contributed by atoms with Crippen LogP contribution in [0.5, 0.6) is 5.75 Å². The molecule has 0 spiro atoms. The van der Waals surface area contributed by atoms with Crippen molar-refractivity contribution in [1.82, 2.24) is 19.5 Å². The summed E-state index contributed by atoms with van der Waals surface area (Å²) in [6.07, 6.45) is -1.72. The van der Waals surface area contributed by atoms with E-state index >= 15 is 0 Å². The lowest BCUT2D eigenvalue weighted by atomic mass is 10.3. The van der Waals surface area contributed by atoms with Gasteiger partial charge in [-0.3, -0.25) is 0 Å². The van der Waals surface area contributed by atoms with E-state index in [2.05, 4.69) is 25.0 Å². The largest absolute Gasteiger partial charge is 0.573 e. The van der Waals surface area contributed by atoms with Gasteiger partial charge in [0.05, 0.1) is 6.33 Å². The van der Waals surface area contributed by atoms with Crippen molar-refractivity contribution in [3.8, 4) is 5.75 Å². The Hall–Kier alpha value is -2.84. The van der Waals surface area contributed by atoms with Crippen LogP contribution >= 0.6 is 0 Å². The van der Waals surface area contributed by atoms with Crippen LogP contribution in [0.3, 0.4) is 0 Å². The van der Waals surface area contributed by atoms with Gasteiger partial charge < -0.3 is 14.6 Å². The predicted molar refractivity (Wildman–Crippen MR) is 72.7 cm³/mol. The van der Waals surface area contributed by atoms with Gasteiger partial charge in [0.25, 0.3) is 0 Å². The SMILES string of the molecule is Cn1cnc2c(Nc3ccc(OC(F)(F)F)cc3)ncnc21. The number of imidazole rings is 1. The van der Waals surface area contributed by atoms with Gasteiger partial charge in [-0.25, -0.2) is 15.0 Å². The Balaban J connectivity index is 1.83. The Morgan fingerprint density at radius 3 is 2.50 bits per heavy atom. The van der Waals surface area contributed by atoms with Crippen molar-refractivity contribution in [3.05, 3.63) is 36.9 Å². The van der Waals surface area contributed by atoms with Gasteiger partial charge in [-0.05, 0) is 24.3 Å². The van der Waals surface area contributed by atoms with Gasteiger partial charge in [-0.1, -0.05) is 0 Å². The first-order valence-electron chi connectivity index (χ1n) is 6.17. The molecule has 1 N–H and O–H groups in total. The smallest absolute Gasteiger partial charge is 0.406 e. The number of fused-ring (bicyclic) bond motifs is 1. The van der Waals surface area contributed by atoms with Gasteiger partial charge in [0.15, 0.2) is 17.0 Å². The van der Waals surface area contributed by atoms with Gasteiger partial charge in [0, 0.05) is 12.7 Å². The lowest BCUT2D eigenvalue weighted by Crippen LogP contribution is -2.16. The van der Waals surface area contributed by atoms with Crippen LogP contribution in [0.4, 0.5) is 24.7 Å². The van der Waals surface area contributed by atoms with Crippen molar-refractivity contribution in [3.63, 3.8) is 0 Å². The minimum absolute atomic E-state index is 0.288. The molecule has 0 atom stereocenters. The maximum atomic E-state index is 12.1. The highest BCUT2D eigenvalue weighted by molar-refractivity contribution is 5.84. The van der Waals surface area contributed by atoms with E-state index in [1.165, 1.54) is 30.6 Å². The number of aryl methyl sites for hydroxylation is 1. The van der Waals surface area contributed by atoms with Crippen LogP contribution in [0.25, 0.3) is 11.2 Å². The molecule has 6 nitrogen and oxygen atoms in total. The molecule has 3 aromatic rings. The quantitative estimate of drug-likeness (QED) is 0.805. The normalized spacial score (nSPS) is 11.6. The fraction of sp³-hybridized carbons (Fsp3) is 0.154. The summed E-state index contributed by atoms with van der Waals surface area (Å²) in [5.41, 5.74) is 1.77. The number of nitrogens with zero attached hydrogens (tertiary/aromatic N) is 4. The number of ether oxygens (including phenoxy) is 1. The van der Waals surface area contributed by atoms with Crippen molar-refractivity contribution >= 4 is 22.7 Å². The van der Waals surface area contributed by atoms with E-state index in [4.69, 9.17) is 0 Å². The maximum Gasteiger partial charge on any atom is 0.573 e. The van der Waals surface area contributed by atoms with Crippen LogP contribution in [0.2, 0.25) is 0 Å². The number of anilines is 2. The van der Waals surface area contributed by atoms with Crippen LogP contribution in [0.1, 0.15) is 0 Å². The summed E-state index contributed by atoms with van der Waals surface area (Å²) in [6, 6.07) is 5.34. The number of alkyl halides is 3. The van der Waals surface area contributed by atoms with Crippen molar-refractivity contribution in [2.24, 2.45) is 7.05 Å². The first-order chi connectivity index (χ1) is 10.4. The first-order valence-corrected chi connectivity index (χ1v) is 6.17. The monoisotopic (exact) mass is 309 g/mol. The molecule has 0 aliphatic heterocycles. The summed E-state index contributed by atoms with van der Waals surface area (Å²) in [5.74, 6) is 0.179. The number of halogens is 3. The van der Waals surface area contributed by atoms with Crippen LogP contribution in [0, 0.1) is 0 Å². The van der Waals surface area contributed by atoms with E-state index in [9.17, 15) is 13.2 Å². The number of hydrogen-bond donors (Lipinski definition) is 1. The van der Waals surface area contributed by atoms with Crippen molar-refractivity contribution in [1.29, 1.82) is 0 Å². The van der Waals surface area contributed by atoms with Crippen LogP contribution < -0.4 is 10.1 Å². The Labute approximate surface area is 122 Å². The predicted octanol–water partition coefficient (Wildman–Crippen LogP) is 3.01. The third-order valence-electron chi connectivity index (χ3n) is 2.85. The van der Waals surface area contributed by atoms with Gasteiger partial charge in [-0.15, -0.1) is 13.2 Å². The van der Waals surface area contributed by atoms with E-state index in [0.29, 0.717) is 22.7 Å². The van der Waals surface area contributed by atoms with Gasteiger partial charge in [0.1, 0.15) is 12.1 Å². The molecule has 3 rings (SSSR count). The fourth-order valence-corrected chi connectivity index (χ4v) is 1.91. The summed E-state index contributed by atoms with van der Waals surface area (Å²) in [6.45, 7) is 0. The topological polar surface area (TPSA) is 64.9 Å². The fourth-order valence-electron chi connectivity index (χ4n) is 1.91. The van der Waals surface area contributed by atoms with Crippen molar-refractivity contribution in [2.75, 3.05) is 5.32 Å². The van der Waals surface area contributed by atoms with E-state index in [1.54, 1.807) is 17.9 Å². The number of aromatic nitrogens is 4. The zero-order valence-electron chi connectivity index (χ0n) is 11.3. The van der Waals surface area contributed by atoms with E-state index in [-0.39, 0.29) is 5.75 Å². The molecule has 0 saturated carbocycles. The molecule has 0 amide bonds. The molecule has 0 saturated heterocycles. The maximum absolute atomic E-state index is 12.1. The summed E-state index contributed by atoms with van der Waals surface area (Å²) in [5, 5.41) is 2.99. The average Bonchev–Trinajstić information content (AvgIpc) is 2.83. The molecule has 9 heteroatoms. The highest BCUT2D eigenvalue weighted by atomic mass is 19.4. The average molecular weight is 309 g/mol. The van der Waals surface area contributed by atoms with Crippen molar-refractivity contribution < 1.29 is 17.9 Å². The summed E-state index contributed by atoms with van der Waals surface area (Å²) in [4.78, 5) is 12.4. The molecule has 0 fully saturated rings. The Bertz CT molecular complexity index is 798. The summed E-state index contributed by atoms with van der Waals surface area (Å²) in [7, 11) is 1.80. The lowest BCUT2D eigenvalue weighted by Gasteiger charge is -2.10. The molecule has 0 bridgehead atoms. The molecule has 22 heavy (non-hydrogen) atoms. The molecular weight excluding hydrogens is 299 g/mol. The lowest BCUT2D eigenvalue weighted by molar-refractivity contribution is -0.274. The van der Waals surface area contributed by atoms with E-state index in [1.807, 2.05) is 0 Å². The van der Waals surface area contributed by atoms with Crippen LogP contribution in [-0.2, 0) is 7.05 Å². The second-order valence-electron chi connectivity index (χ2n) is 4.45. The zero-order chi connectivity index (χ0) is 15.7. The molecule has 2 heterocycles. The minimum atomic E-state index is -4.71. The number of hydrogen-bond acceptors (Lipinski definition) is 5. The van der Waals surface area contributed by atoms with E-state index in [0.717, 1.165) is 0 Å². The molecular formula is C13H10F3N5O.